The third-order valence-electron chi connectivity index (χ3n) is 4.06. The van der Waals surface area contributed by atoms with Gasteiger partial charge in [-0.25, -0.2) is 4.98 Å². The molecule has 1 unspecified atom stereocenters. The Kier molecular flexibility index (Phi) is 8.84. The van der Waals surface area contributed by atoms with Crippen LogP contribution in [0, 0.1) is 0 Å². The number of aliphatic hydroxyl groups excluding tert-OH is 1. The van der Waals surface area contributed by atoms with E-state index >= 15 is 0 Å². The Bertz CT molecular complexity index is 769. The monoisotopic (exact) mass is 406 g/mol. The van der Waals surface area contributed by atoms with Crippen LogP contribution in [0.15, 0.2) is 41.5 Å². The summed E-state index contributed by atoms with van der Waals surface area (Å²) in [6, 6.07) is 9.03. The van der Waals surface area contributed by atoms with Crippen molar-refractivity contribution in [1.82, 2.24) is 15.6 Å². The first-order valence-electron chi connectivity index (χ1n) is 9.10. The molecule has 152 valence electrons. The topological polar surface area (TPSA) is 88.0 Å². The van der Waals surface area contributed by atoms with Crippen molar-refractivity contribution in [3.05, 3.63) is 52.8 Å². The molecule has 0 saturated heterocycles. The van der Waals surface area contributed by atoms with Gasteiger partial charge in [-0.15, -0.1) is 0 Å². The zero-order valence-electron chi connectivity index (χ0n) is 16.4. The largest absolute Gasteiger partial charge is 0.497 e. The molecule has 8 heteroatoms. The van der Waals surface area contributed by atoms with Gasteiger partial charge in [-0.2, -0.15) is 0 Å². The molecule has 1 aromatic carbocycles. The van der Waals surface area contributed by atoms with E-state index < -0.39 is 6.10 Å². The van der Waals surface area contributed by atoms with Crippen LogP contribution >= 0.6 is 11.6 Å². The van der Waals surface area contributed by atoms with E-state index in [4.69, 9.17) is 21.1 Å². The van der Waals surface area contributed by atoms with E-state index in [1.807, 2.05) is 13.0 Å². The minimum Gasteiger partial charge on any atom is -0.497 e. The zero-order valence-corrected chi connectivity index (χ0v) is 17.2. The Labute approximate surface area is 170 Å². The summed E-state index contributed by atoms with van der Waals surface area (Å²) in [7, 11) is 3.15. The number of aliphatic hydroxyl groups is 1. The van der Waals surface area contributed by atoms with Gasteiger partial charge in [0.05, 0.1) is 20.8 Å². The molecular formula is C20H27ClN4O3. The van der Waals surface area contributed by atoms with Gasteiger partial charge in [0.15, 0.2) is 5.96 Å². The van der Waals surface area contributed by atoms with Crippen molar-refractivity contribution in [2.45, 2.75) is 19.4 Å². The average molecular weight is 407 g/mol. The summed E-state index contributed by atoms with van der Waals surface area (Å²) in [5.74, 6) is 1.88. The molecule has 0 spiro atoms. The number of nitrogens with one attached hydrogen (secondary N) is 2. The molecule has 1 atom stereocenters. The van der Waals surface area contributed by atoms with Gasteiger partial charge >= 0.3 is 0 Å². The predicted octanol–water partition coefficient (Wildman–Crippen LogP) is 2.58. The van der Waals surface area contributed by atoms with Gasteiger partial charge in [-0.3, -0.25) is 4.99 Å². The van der Waals surface area contributed by atoms with Crippen LogP contribution in [0.25, 0.3) is 0 Å². The molecule has 0 amide bonds. The standard InChI is InChI=1S/C20H27ClN4O3/c1-4-22-20(23-10-9-14-5-8-19(21)24-12-14)25-13-17(26)16-11-15(27-2)6-7-18(16)28-3/h5-8,11-12,17,26H,4,9-10,13H2,1-3H3,(H2,22,23,25). The summed E-state index contributed by atoms with van der Waals surface area (Å²) in [6.45, 7) is 3.56. The van der Waals surface area contributed by atoms with Crippen LogP contribution in [-0.2, 0) is 6.42 Å². The molecule has 7 nitrogen and oxygen atoms in total. The van der Waals surface area contributed by atoms with Gasteiger partial charge in [0, 0.05) is 24.8 Å². The molecule has 2 aromatic rings. The van der Waals surface area contributed by atoms with Crippen LogP contribution in [-0.4, -0.2) is 49.9 Å². The Balaban J connectivity index is 1.98. The molecule has 1 aromatic heterocycles. The molecule has 0 aliphatic rings. The summed E-state index contributed by atoms with van der Waals surface area (Å²) in [6.07, 6.45) is 1.72. The highest BCUT2D eigenvalue weighted by Crippen LogP contribution is 2.29. The van der Waals surface area contributed by atoms with E-state index in [1.165, 1.54) is 0 Å². The summed E-state index contributed by atoms with van der Waals surface area (Å²) in [5.41, 5.74) is 1.71. The van der Waals surface area contributed by atoms with Crippen LogP contribution in [0.5, 0.6) is 11.5 Å². The van der Waals surface area contributed by atoms with Gasteiger partial charge in [0.1, 0.15) is 22.8 Å². The Hall–Kier alpha value is -2.51. The molecule has 0 radical (unpaired) electrons. The molecule has 0 aliphatic carbocycles. The van der Waals surface area contributed by atoms with E-state index in [0.717, 1.165) is 12.0 Å². The smallest absolute Gasteiger partial charge is 0.191 e. The fourth-order valence-corrected chi connectivity index (χ4v) is 2.71. The van der Waals surface area contributed by atoms with Crippen LogP contribution in [0.2, 0.25) is 5.15 Å². The number of guanidine groups is 1. The van der Waals surface area contributed by atoms with Gasteiger partial charge in [-0.05, 0) is 43.2 Å². The maximum absolute atomic E-state index is 10.6. The number of rotatable bonds is 9. The van der Waals surface area contributed by atoms with Crippen molar-refractivity contribution in [2.24, 2.45) is 4.99 Å². The highest BCUT2D eigenvalue weighted by atomic mass is 35.5. The molecule has 0 bridgehead atoms. The lowest BCUT2D eigenvalue weighted by Gasteiger charge is -2.16. The number of benzene rings is 1. The van der Waals surface area contributed by atoms with Crippen molar-refractivity contribution in [3.8, 4) is 11.5 Å². The number of halogens is 1. The second-order valence-corrected chi connectivity index (χ2v) is 6.40. The lowest BCUT2D eigenvalue weighted by molar-refractivity contribution is 0.182. The summed E-state index contributed by atoms with van der Waals surface area (Å²) in [5, 5.41) is 17.5. The number of aromatic nitrogens is 1. The third kappa shape index (κ3) is 6.58. The number of nitrogens with zero attached hydrogens (tertiary/aromatic N) is 2. The van der Waals surface area contributed by atoms with Gasteiger partial charge in [0.2, 0.25) is 0 Å². The van der Waals surface area contributed by atoms with Crippen molar-refractivity contribution in [3.63, 3.8) is 0 Å². The SMILES string of the molecule is CCNC(=NCC(O)c1cc(OC)ccc1OC)NCCc1ccc(Cl)nc1. The number of aliphatic imine (C=N–C) groups is 1. The summed E-state index contributed by atoms with van der Waals surface area (Å²) >= 11 is 5.80. The Morgan fingerprint density at radius 3 is 2.68 bits per heavy atom. The van der Waals surface area contributed by atoms with Gasteiger partial charge < -0.3 is 25.2 Å². The summed E-state index contributed by atoms with van der Waals surface area (Å²) < 4.78 is 10.6. The van der Waals surface area contributed by atoms with E-state index in [-0.39, 0.29) is 6.54 Å². The fraction of sp³-hybridized carbons (Fsp3) is 0.400. The molecule has 3 N–H and O–H groups in total. The van der Waals surface area contributed by atoms with Crippen LogP contribution in [0.1, 0.15) is 24.2 Å². The summed E-state index contributed by atoms with van der Waals surface area (Å²) in [4.78, 5) is 8.55. The maximum Gasteiger partial charge on any atom is 0.191 e. The highest BCUT2D eigenvalue weighted by molar-refractivity contribution is 6.29. The first-order valence-corrected chi connectivity index (χ1v) is 9.47. The highest BCUT2D eigenvalue weighted by Gasteiger charge is 2.14. The van der Waals surface area contributed by atoms with Crippen molar-refractivity contribution < 1.29 is 14.6 Å². The quantitative estimate of drug-likeness (QED) is 0.337. The van der Waals surface area contributed by atoms with Crippen LogP contribution in [0.4, 0.5) is 0 Å². The minimum atomic E-state index is -0.819. The Morgan fingerprint density at radius 2 is 2.04 bits per heavy atom. The van der Waals surface area contributed by atoms with Crippen molar-refractivity contribution in [1.29, 1.82) is 0 Å². The van der Waals surface area contributed by atoms with Crippen molar-refractivity contribution in [2.75, 3.05) is 33.9 Å². The maximum atomic E-state index is 10.6. The van der Waals surface area contributed by atoms with Crippen LogP contribution in [0.3, 0.4) is 0 Å². The number of hydrogen-bond acceptors (Lipinski definition) is 5. The van der Waals surface area contributed by atoms with E-state index in [0.29, 0.717) is 41.3 Å². The van der Waals surface area contributed by atoms with E-state index in [9.17, 15) is 5.11 Å². The molecule has 0 saturated carbocycles. The average Bonchev–Trinajstić information content (AvgIpc) is 2.72. The normalized spacial score (nSPS) is 12.4. The first-order chi connectivity index (χ1) is 13.6. The number of ether oxygens (including phenoxy) is 2. The molecular weight excluding hydrogens is 380 g/mol. The number of pyridine rings is 1. The number of hydrogen-bond donors (Lipinski definition) is 3. The minimum absolute atomic E-state index is 0.182. The predicted molar refractivity (Wildman–Crippen MR) is 111 cm³/mol. The lowest BCUT2D eigenvalue weighted by atomic mass is 10.1. The molecule has 1 heterocycles. The Morgan fingerprint density at radius 1 is 1.21 bits per heavy atom. The lowest BCUT2D eigenvalue weighted by Crippen LogP contribution is -2.38. The van der Waals surface area contributed by atoms with Crippen molar-refractivity contribution >= 4 is 17.6 Å². The van der Waals surface area contributed by atoms with Gasteiger partial charge in [0.25, 0.3) is 0 Å². The first kappa shape index (κ1) is 21.8. The zero-order chi connectivity index (χ0) is 20.4. The molecule has 2 rings (SSSR count). The van der Waals surface area contributed by atoms with Crippen LogP contribution < -0.4 is 20.1 Å². The third-order valence-corrected chi connectivity index (χ3v) is 4.28. The fourth-order valence-electron chi connectivity index (χ4n) is 2.60. The molecule has 0 aliphatic heterocycles. The number of methoxy groups -OCH3 is 2. The van der Waals surface area contributed by atoms with E-state index in [1.54, 1.807) is 44.7 Å². The van der Waals surface area contributed by atoms with E-state index in [2.05, 4.69) is 20.6 Å². The molecule has 28 heavy (non-hydrogen) atoms. The second-order valence-electron chi connectivity index (χ2n) is 6.01. The second kappa shape index (κ2) is 11.4. The molecule has 0 fully saturated rings. The van der Waals surface area contributed by atoms with Gasteiger partial charge in [-0.1, -0.05) is 17.7 Å².